The summed E-state index contributed by atoms with van der Waals surface area (Å²) in [5.41, 5.74) is 0. The molecule has 1 aromatic carbocycles. The van der Waals surface area contributed by atoms with Crippen molar-refractivity contribution in [1.29, 1.82) is 0 Å². The highest BCUT2D eigenvalue weighted by Crippen LogP contribution is 2.30. The van der Waals surface area contributed by atoms with Gasteiger partial charge < -0.3 is 14.4 Å². The van der Waals surface area contributed by atoms with Gasteiger partial charge in [-0.25, -0.2) is 8.42 Å². The minimum Gasteiger partial charge on any atom is -0.490 e. The van der Waals surface area contributed by atoms with Crippen molar-refractivity contribution in [1.82, 2.24) is 4.90 Å². The van der Waals surface area contributed by atoms with Crippen LogP contribution >= 0.6 is 0 Å². The van der Waals surface area contributed by atoms with Gasteiger partial charge in [-0.15, -0.1) is 0 Å². The number of sulfone groups is 1. The van der Waals surface area contributed by atoms with Crippen LogP contribution in [0.25, 0.3) is 0 Å². The summed E-state index contributed by atoms with van der Waals surface area (Å²) >= 11 is 0. The summed E-state index contributed by atoms with van der Waals surface area (Å²) in [6.07, 6.45) is 4.58. The van der Waals surface area contributed by atoms with E-state index in [0.29, 0.717) is 24.5 Å². The molecule has 1 heterocycles. The second kappa shape index (κ2) is 8.29. The smallest absolute Gasteiger partial charge is 0.261 e. The number of benzene rings is 1. The van der Waals surface area contributed by atoms with Gasteiger partial charge in [-0.05, 0) is 38.3 Å². The fraction of sp³-hybridized carbons (Fsp3) is 0.632. The largest absolute Gasteiger partial charge is 0.490 e. The molecule has 2 aliphatic rings. The summed E-state index contributed by atoms with van der Waals surface area (Å²) in [7, 11) is -3.04. The molecule has 7 heteroatoms. The highest BCUT2D eigenvalue weighted by atomic mass is 32.2. The maximum absolute atomic E-state index is 12.9. The second-order valence-electron chi connectivity index (χ2n) is 6.96. The number of para-hydroxylation sites is 2. The molecule has 1 aliphatic carbocycles. The number of carbonyl (C=O) groups is 1. The number of ether oxygens (including phenoxy) is 2. The average molecular weight is 381 g/mol. The molecule has 6 nitrogen and oxygen atoms in total. The van der Waals surface area contributed by atoms with Crippen LogP contribution in [-0.2, 0) is 14.6 Å². The third kappa shape index (κ3) is 4.50. The van der Waals surface area contributed by atoms with E-state index in [1.165, 1.54) is 0 Å². The lowest BCUT2D eigenvalue weighted by Crippen LogP contribution is -2.48. The molecule has 0 spiro atoms. The molecule has 1 atom stereocenters. The lowest BCUT2D eigenvalue weighted by molar-refractivity contribution is -0.137. The third-order valence-corrected chi connectivity index (χ3v) is 6.86. The zero-order chi connectivity index (χ0) is 18.6. The van der Waals surface area contributed by atoms with Crippen LogP contribution in [0.5, 0.6) is 11.5 Å². The number of hydrogen-bond donors (Lipinski definition) is 0. The molecule has 0 radical (unpaired) electrons. The van der Waals surface area contributed by atoms with Gasteiger partial charge in [-0.2, -0.15) is 0 Å². The van der Waals surface area contributed by atoms with Gasteiger partial charge in [0.1, 0.15) is 0 Å². The first-order valence-corrected chi connectivity index (χ1v) is 11.2. The zero-order valence-electron chi connectivity index (χ0n) is 15.2. The lowest BCUT2D eigenvalue weighted by atomic mass is 10.1. The van der Waals surface area contributed by atoms with Crippen LogP contribution in [0, 0.1) is 0 Å². The highest BCUT2D eigenvalue weighted by Gasteiger charge is 2.39. The van der Waals surface area contributed by atoms with Crippen LogP contribution in [0.2, 0.25) is 0 Å². The Kier molecular flexibility index (Phi) is 6.06. The first-order valence-electron chi connectivity index (χ1n) is 9.36. The molecule has 26 heavy (non-hydrogen) atoms. The molecule has 1 saturated heterocycles. The van der Waals surface area contributed by atoms with Crippen molar-refractivity contribution in [2.45, 2.75) is 51.1 Å². The lowest BCUT2D eigenvalue weighted by Gasteiger charge is -2.34. The predicted octanol–water partition coefficient (Wildman–Crippen LogP) is 2.42. The Bertz CT molecular complexity index is 727. The summed E-state index contributed by atoms with van der Waals surface area (Å²) in [5.74, 6) is 1.25. The average Bonchev–Trinajstić information content (AvgIpc) is 3.25. The molecule has 2 fully saturated rings. The molecule has 1 aromatic rings. The Morgan fingerprint density at radius 1 is 1.08 bits per heavy atom. The van der Waals surface area contributed by atoms with Crippen LogP contribution in [0.4, 0.5) is 0 Å². The van der Waals surface area contributed by atoms with Gasteiger partial charge in [0.15, 0.2) is 27.9 Å². The minimum atomic E-state index is -3.04. The van der Waals surface area contributed by atoms with E-state index in [1.807, 2.05) is 25.1 Å². The standard InChI is InChI=1S/C19H27NO5S/c1-2-24-17-9-5-6-10-18(17)25-13-19(21)20(15-7-3-4-8-15)16-11-12-26(22,23)14-16/h5-6,9-10,15-16H,2-4,7-8,11-14H2,1H3. The SMILES string of the molecule is CCOc1ccccc1OCC(=O)N(C1CCCC1)C1CCS(=O)(=O)C1. The van der Waals surface area contributed by atoms with E-state index >= 15 is 0 Å². The van der Waals surface area contributed by atoms with E-state index in [9.17, 15) is 13.2 Å². The Morgan fingerprint density at radius 3 is 2.31 bits per heavy atom. The van der Waals surface area contributed by atoms with E-state index in [2.05, 4.69) is 0 Å². The number of rotatable bonds is 7. The van der Waals surface area contributed by atoms with Crippen molar-refractivity contribution in [2.24, 2.45) is 0 Å². The molecule has 1 aliphatic heterocycles. The Labute approximate surface area is 155 Å². The van der Waals surface area contributed by atoms with Crippen LogP contribution in [0.1, 0.15) is 39.0 Å². The molecule has 1 unspecified atom stereocenters. The van der Waals surface area contributed by atoms with Gasteiger partial charge >= 0.3 is 0 Å². The van der Waals surface area contributed by atoms with E-state index in [-0.39, 0.29) is 36.1 Å². The van der Waals surface area contributed by atoms with Crippen LogP contribution < -0.4 is 9.47 Å². The number of nitrogens with zero attached hydrogens (tertiary/aromatic N) is 1. The fourth-order valence-corrected chi connectivity index (χ4v) is 5.65. The monoisotopic (exact) mass is 381 g/mol. The third-order valence-electron chi connectivity index (χ3n) is 5.11. The van der Waals surface area contributed by atoms with E-state index in [4.69, 9.17) is 9.47 Å². The first kappa shape index (κ1) is 19.0. The summed E-state index contributed by atoms with van der Waals surface area (Å²) in [6.45, 7) is 2.31. The summed E-state index contributed by atoms with van der Waals surface area (Å²) in [5, 5.41) is 0. The minimum absolute atomic E-state index is 0.0742. The van der Waals surface area contributed by atoms with Gasteiger partial charge in [0.2, 0.25) is 0 Å². The molecule has 1 amide bonds. The quantitative estimate of drug-likeness (QED) is 0.725. The normalized spacial score (nSPS) is 22.3. The van der Waals surface area contributed by atoms with Gasteiger partial charge in [0.05, 0.1) is 18.1 Å². The topological polar surface area (TPSA) is 72.9 Å². The van der Waals surface area contributed by atoms with Crippen molar-refractivity contribution >= 4 is 15.7 Å². The fourth-order valence-electron chi connectivity index (χ4n) is 3.94. The van der Waals surface area contributed by atoms with Crippen molar-refractivity contribution < 1.29 is 22.7 Å². The van der Waals surface area contributed by atoms with Gasteiger partial charge in [0.25, 0.3) is 5.91 Å². The molecule has 3 rings (SSSR count). The molecular formula is C19H27NO5S. The maximum Gasteiger partial charge on any atom is 0.261 e. The summed E-state index contributed by atoms with van der Waals surface area (Å²) in [4.78, 5) is 14.7. The van der Waals surface area contributed by atoms with E-state index in [1.54, 1.807) is 11.0 Å². The van der Waals surface area contributed by atoms with E-state index in [0.717, 1.165) is 25.7 Å². The Balaban J connectivity index is 1.70. The molecule has 144 valence electrons. The van der Waals surface area contributed by atoms with Crippen LogP contribution in [0.3, 0.4) is 0 Å². The van der Waals surface area contributed by atoms with Crippen molar-refractivity contribution in [3.8, 4) is 11.5 Å². The number of amides is 1. The van der Waals surface area contributed by atoms with Crippen LogP contribution in [-0.4, -0.2) is 56.0 Å². The second-order valence-corrected chi connectivity index (χ2v) is 9.19. The predicted molar refractivity (Wildman–Crippen MR) is 99.3 cm³/mol. The summed E-state index contributed by atoms with van der Waals surface area (Å²) < 4.78 is 35.1. The van der Waals surface area contributed by atoms with Gasteiger partial charge in [-0.1, -0.05) is 25.0 Å². The number of carbonyl (C=O) groups excluding carboxylic acids is 1. The summed E-state index contributed by atoms with van der Waals surface area (Å²) in [6, 6.07) is 7.18. The Morgan fingerprint density at radius 2 is 1.73 bits per heavy atom. The number of hydrogen-bond acceptors (Lipinski definition) is 5. The molecular weight excluding hydrogens is 354 g/mol. The van der Waals surface area contributed by atoms with E-state index < -0.39 is 9.84 Å². The van der Waals surface area contributed by atoms with Gasteiger partial charge in [-0.3, -0.25) is 4.79 Å². The van der Waals surface area contributed by atoms with Crippen molar-refractivity contribution in [3.63, 3.8) is 0 Å². The molecule has 0 bridgehead atoms. The van der Waals surface area contributed by atoms with Crippen molar-refractivity contribution in [3.05, 3.63) is 24.3 Å². The maximum atomic E-state index is 12.9. The highest BCUT2D eigenvalue weighted by molar-refractivity contribution is 7.91. The molecule has 1 saturated carbocycles. The molecule has 0 aromatic heterocycles. The molecule has 0 N–H and O–H groups in total. The van der Waals surface area contributed by atoms with Gasteiger partial charge in [0, 0.05) is 12.1 Å². The zero-order valence-corrected chi connectivity index (χ0v) is 16.0. The van der Waals surface area contributed by atoms with Crippen LogP contribution in [0.15, 0.2) is 24.3 Å². The Hall–Kier alpha value is -1.76. The van der Waals surface area contributed by atoms with Crippen molar-refractivity contribution in [2.75, 3.05) is 24.7 Å². The first-order chi connectivity index (χ1) is 12.5.